The van der Waals surface area contributed by atoms with Gasteiger partial charge in [0.1, 0.15) is 17.0 Å². The molecule has 3 heterocycles. The van der Waals surface area contributed by atoms with Crippen molar-refractivity contribution in [2.24, 2.45) is 0 Å². The van der Waals surface area contributed by atoms with Crippen molar-refractivity contribution in [2.75, 3.05) is 13.7 Å². The Bertz CT molecular complexity index is 512. The second-order valence-electron chi connectivity index (χ2n) is 4.72. The summed E-state index contributed by atoms with van der Waals surface area (Å²) in [6, 6.07) is 2.33. The van der Waals surface area contributed by atoms with Crippen LogP contribution in [0.5, 0.6) is 0 Å². The second kappa shape index (κ2) is 5.81. The van der Waals surface area contributed by atoms with Crippen LogP contribution in [0.1, 0.15) is 35.3 Å². The molecule has 0 spiro atoms. The third-order valence-electron chi connectivity index (χ3n) is 3.40. The summed E-state index contributed by atoms with van der Waals surface area (Å²) in [6.45, 7) is 2.56. The molecule has 0 bridgehead atoms. The van der Waals surface area contributed by atoms with Gasteiger partial charge in [0.25, 0.3) is 0 Å². The summed E-state index contributed by atoms with van der Waals surface area (Å²) in [7, 11) is 1.70. The van der Waals surface area contributed by atoms with Crippen molar-refractivity contribution in [3.05, 3.63) is 34.1 Å². The molecular weight excluding hydrogens is 262 g/mol. The molecule has 1 aliphatic rings. The Labute approximate surface area is 116 Å². The first-order valence-corrected chi connectivity index (χ1v) is 7.31. The predicted octanol–water partition coefficient (Wildman–Crippen LogP) is 2.61. The molecule has 5 nitrogen and oxygen atoms in total. The smallest absolute Gasteiger partial charge is 0.124 e. The molecule has 0 saturated carbocycles. The van der Waals surface area contributed by atoms with Gasteiger partial charge in [-0.2, -0.15) is 0 Å². The van der Waals surface area contributed by atoms with Crippen molar-refractivity contribution in [1.29, 1.82) is 0 Å². The molecule has 0 amide bonds. The van der Waals surface area contributed by atoms with Gasteiger partial charge >= 0.3 is 0 Å². The van der Waals surface area contributed by atoms with Crippen LogP contribution in [0.2, 0.25) is 0 Å². The van der Waals surface area contributed by atoms with E-state index in [9.17, 15) is 0 Å². The summed E-state index contributed by atoms with van der Waals surface area (Å²) in [4.78, 5) is 7.01. The van der Waals surface area contributed by atoms with E-state index in [-0.39, 0.29) is 0 Å². The molecule has 19 heavy (non-hydrogen) atoms. The van der Waals surface area contributed by atoms with Gasteiger partial charge in [0, 0.05) is 25.1 Å². The molecule has 102 valence electrons. The lowest BCUT2D eigenvalue weighted by Crippen LogP contribution is -2.23. The van der Waals surface area contributed by atoms with E-state index in [0.29, 0.717) is 12.6 Å². The van der Waals surface area contributed by atoms with E-state index in [4.69, 9.17) is 9.26 Å². The summed E-state index contributed by atoms with van der Waals surface area (Å²) >= 11 is 1.66. The zero-order valence-corrected chi connectivity index (χ0v) is 11.7. The van der Waals surface area contributed by atoms with E-state index >= 15 is 0 Å². The predicted molar refractivity (Wildman–Crippen MR) is 71.7 cm³/mol. The van der Waals surface area contributed by atoms with E-state index < -0.39 is 0 Å². The Kier molecular flexibility index (Phi) is 3.91. The summed E-state index contributed by atoms with van der Waals surface area (Å²) in [5.74, 6) is 0. The zero-order valence-electron chi connectivity index (χ0n) is 10.9. The molecule has 3 rings (SSSR count). The fourth-order valence-corrected chi connectivity index (χ4v) is 3.32. The molecule has 1 atom stereocenters. The molecule has 0 N–H and O–H groups in total. The molecule has 1 fully saturated rings. The van der Waals surface area contributed by atoms with Crippen LogP contribution in [-0.4, -0.2) is 28.7 Å². The molecule has 0 aliphatic carbocycles. The lowest BCUT2D eigenvalue weighted by atomic mass is 10.1. The normalized spacial score (nSPS) is 20.2. The van der Waals surface area contributed by atoms with Crippen molar-refractivity contribution in [2.45, 2.75) is 32.0 Å². The molecule has 0 aromatic carbocycles. The van der Waals surface area contributed by atoms with E-state index in [1.54, 1.807) is 24.7 Å². The largest absolute Gasteiger partial charge is 0.378 e. The van der Waals surface area contributed by atoms with Gasteiger partial charge in [-0.1, -0.05) is 5.16 Å². The highest BCUT2D eigenvalue weighted by molar-refractivity contribution is 7.09. The maximum atomic E-state index is 5.10. The minimum absolute atomic E-state index is 0.367. The number of methoxy groups -OCH3 is 1. The first-order chi connectivity index (χ1) is 9.36. The molecular formula is C13H17N3O2S. The highest BCUT2D eigenvalue weighted by Gasteiger charge is 2.28. The highest BCUT2D eigenvalue weighted by Crippen LogP contribution is 2.32. The van der Waals surface area contributed by atoms with Crippen molar-refractivity contribution < 1.29 is 9.26 Å². The van der Waals surface area contributed by atoms with Gasteiger partial charge in [0.2, 0.25) is 0 Å². The molecule has 2 aromatic heterocycles. The zero-order chi connectivity index (χ0) is 13.1. The van der Waals surface area contributed by atoms with Crippen LogP contribution in [0.4, 0.5) is 0 Å². The Balaban J connectivity index is 1.67. The maximum Gasteiger partial charge on any atom is 0.124 e. The van der Waals surface area contributed by atoms with Crippen LogP contribution >= 0.6 is 11.3 Å². The van der Waals surface area contributed by atoms with Gasteiger partial charge in [0.05, 0.1) is 18.3 Å². The Morgan fingerprint density at radius 3 is 3.32 bits per heavy atom. The molecule has 2 aromatic rings. The van der Waals surface area contributed by atoms with Crippen molar-refractivity contribution in [3.63, 3.8) is 0 Å². The van der Waals surface area contributed by atoms with Gasteiger partial charge in [-0.15, -0.1) is 11.3 Å². The van der Waals surface area contributed by atoms with Crippen LogP contribution in [0.15, 0.2) is 22.2 Å². The number of rotatable bonds is 5. The Hall–Kier alpha value is -1.24. The lowest BCUT2D eigenvalue weighted by Gasteiger charge is -2.21. The number of hydrogen-bond donors (Lipinski definition) is 0. The number of aromatic nitrogens is 2. The van der Waals surface area contributed by atoms with Gasteiger partial charge in [0.15, 0.2) is 0 Å². The van der Waals surface area contributed by atoms with Crippen LogP contribution < -0.4 is 0 Å². The van der Waals surface area contributed by atoms with Crippen molar-refractivity contribution >= 4 is 11.3 Å². The standard InChI is InChI=1S/C13H17N3O2S/c1-17-8-13-14-10(9-19-13)7-16-5-2-3-12(16)11-4-6-18-15-11/h4,6,9,12H,2-3,5,7-8H2,1H3/t12-/m0/s1. The van der Waals surface area contributed by atoms with Gasteiger partial charge in [-0.3, -0.25) is 4.90 Å². The van der Waals surface area contributed by atoms with Gasteiger partial charge < -0.3 is 9.26 Å². The monoisotopic (exact) mass is 279 g/mol. The number of likely N-dealkylation sites (tertiary alicyclic amines) is 1. The quantitative estimate of drug-likeness (QED) is 0.842. The van der Waals surface area contributed by atoms with Crippen molar-refractivity contribution in [1.82, 2.24) is 15.0 Å². The van der Waals surface area contributed by atoms with E-state index in [0.717, 1.165) is 35.9 Å². The average molecular weight is 279 g/mol. The van der Waals surface area contributed by atoms with Crippen LogP contribution in [0.3, 0.4) is 0 Å². The number of hydrogen-bond acceptors (Lipinski definition) is 6. The SMILES string of the molecule is COCc1nc(CN2CCC[C@H]2c2ccon2)cs1. The Morgan fingerprint density at radius 1 is 1.58 bits per heavy atom. The number of nitrogens with zero attached hydrogens (tertiary/aromatic N) is 3. The summed E-state index contributed by atoms with van der Waals surface area (Å²) < 4.78 is 10.1. The fourth-order valence-electron chi connectivity index (χ4n) is 2.56. The van der Waals surface area contributed by atoms with Crippen molar-refractivity contribution in [3.8, 4) is 0 Å². The minimum atomic E-state index is 0.367. The molecule has 1 saturated heterocycles. The summed E-state index contributed by atoms with van der Waals surface area (Å²) in [6.07, 6.45) is 3.99. The first kappa shape index (κ1) is 12.8. The Morgan fingerprint density at radius 2 is 2.53 bits per heavy atom. The van der Waals surface area contributed by atoms with Crippen LogP contribution in [0.25, 0.3) is 0 Å². The van der Waals surface area contributed by atoms with Crippen LogP contribution in [-0.2, 0) is 17.9 Å². The van der Waals surface area contributed by atoms with Gasteiger partial charge in [-0.25, -0.2) is 4.98 Å². The average Bonchev–Trinajstić information content (AvgIpc) is 3.11. The molecule has 0 unspecified atom stereocenters. The third kappa shape index (κ3) is 2.86. The van der Waals surface area contributed by atoms with E-state index in [1.807, 2.05) is 6.07 Å². The minimum Gasteiger partial charge on any atom is -0.378 e. The third-order valence-corrected chi connectivity index (χ3v) is 4.27. The van der Waals surface area contributed by atoms with E-state index in [2.05, 4.69) is 20.4 Å². The highest BCUT2D eigenvalue weighted by atomic mass is 32.1. The number of thiazole rings is 1. The fraction of sp³-hybridized carbons (Fsp3) is 0.538. The molecule has 0 radical (unpaired) electrons. The lowest BCUT2D eigenvalue weighted by molar-refractivity contribution is 0.184. The first-order valence-electron chi connectivity index (χ1n) is 6.43. The molecule has 1 aliphatic heterocycles. The van der Waals surface area contributed by atoms with Crippen LogP contribution in [0, 0.1) is 0 Å². The maximum absolute atomic E-state index is 5.10. The van der Waals surface area contributed by atoms with Gasteiger partial charge in [-0.05, 0) is 19.4 Å². The second-order valence-corrected chi connectivity index (χ2v) is 5.66. The molecule has 6 heteroatoms. The summed E-state index contributed by atoms with van der Waals surface area (Å²) in [5.41, 5.74) is 2.15. The topological polar surface area (TPSA) is 51.4 Å². The number of ether oxygens (including phenoxy) is 1. The van der Waals surface area contributed by atoms with E-state index in [1.165, 1.54) is 6.42 Å². The summed E-state index contributed by atoms with van der Waals surface area (Å²) in [5, 5.41) is 7.22.